The lowest BCUT2D eigenvalue weighted by molar-refractivity contribution is 0.627. The van der Waals surface area contributed by atoms with Crippen LogP contribution < -0.4 is 5.73 Å². The van der Waals surface area contributed by atoms with Crippen molar-refractivity contribution in [3.8, 4) is 0 Å². The van der Waals surface area contributed by atoms with E-state index in [1.807, 2.05) is 30.5 Å². The van der Waals surface area contributed by atoms with E-state index in [2.05, 4.69) is 9.55 Å². The molecular weight excluding hydrogens is 309 g/mol. The average Bonchev–Trinajstić information content (AvgIpc) is 2.97. The van der Waals surface area contributed by atoms with Gasteiger partial charge < -0.3 is 10.3 Å². The number of aromatic nitrogens is 2. The highest BCUT2D eigenvalue weighted by molar-refractivity contribution is 7.80. The highest BCUT2D eigenvalue weighted by atomic mass is 32.1. The van der Waals surface area contributed by atoms with Crippen molar-refractivity contribution in [3.05, 3.63) is 89.3 Å². The number of hydrogen-bond acceptors (Lipinski definition) is 2. The predicted molar refractivity (Wildman–Crippen MR) is 92.9 cm³/mol. The molecule has 0 spiro atoms. The van der Waals surface area contributed by atoms with Crippen LogP contribution in [0.15, 0.2) is 60.9 Å². The minimum absolute atomic E-state index is 0.230. The molecular formula is C18H16FN3S. The Hall–Kier alpha value is -2.53. The van der Waals surface area contributed by atoms with Crippen molar-refractivity contribution in [2.75, 3.05) is 0 Å². The van der Waals surface area contributed by atoms with Crippen LogP contribution in [0.3, 0.4) is 0 Å². The summed E-state index contributed by atoms with van der Waals surface area (Å²) in [5, 5.41) is 0. The highest BCUT2D eigenvalue weighted by Gasteiger charge is 2.06. The molecule has 0 aliphatic carbocycles. The van der Waals surface area contributed by atoms with Crippen LogP contribution >= 0.6 is 12.2 Å². The summed E-state index contributed by atoms with van der Waals surface area (Å²) in [6, 6.07) is 14.4. The summed E-state index contributed by atoms with van der Waals surface area (Å²) < 4.78 is 15.1. The molecule has 0 bridgehead atoms. The summed E-state index contributed by atoms with van der Waals surface area (Å²) >= 11 is 5.02. The molecule has 116 valence electrons. The zero-order valence-electron chi connectivity index (χ0n) is 12.4. The number of benzene rings is 2. The fourth-order valence-corrected chi connectivity index (χ4v) is 2.58. The zero-order chi connectivity index (χ0) is 16.2. The van der Waals surface area contributed by atoms with Crippen LogP contribution in [-0.2, 0) is 13.0 Å². The summed E-state index contributed by atoms with van der Waals surface area (Å²) in [4.78, 5) is 4.80. The lowest BCUT2D eigenvalue weighted by atomic mass is 10.1. The van der Waals surface area contributed by atoms with Crippen LogP contribution in [0.1, 0.15) is 22.5 Å². The number of thiocarbonyl (C=S) groups is 1. The maximum absolute atomic E-state index is 13.0. The Morgan fingerprint density at radius 1 is 1.13 bits per heavy atom. The van der Waals surface area contributed by atoms with Crippen molar-refractivity contribution < 1.29 is 4.39 Å². The normalized spacial score (nSPS) is 10.7. The zero-order valence-corrected chi connectivity index (χ0v) is 13.3. The third kappa shape index (κ3) is 3.81. The number of imidazole rings is 1. The van der Waals surface area contributed by atoms with E-state index in [-0.39, 0.29) is 5.82 Å². The molecule has 0 fully saturated rings. The van der Waals surface area contributed by atoms with Gasteiger partial charge >= 0.3 is 0 Å². The lowest BCUT2D eigenvalue weighted by Crippen LogP contribution is -2.10. The molecule has 0 radical (unpaired) electrons. The van der Waals surface area contributed by atoms with Crippen LogP contribution in [0.5, 0.6) is 0 Å². The van der Waals surface area contributed by atoms with E-state index in [0.717, 1.165) is 22.5 Å². The van der Waals surface area contributed by atoms with Crippen molar-refractivity contribution in [2.45, 2.75) is 13.0 Å². The fraction of sp³-hybridized carbons (Fsp3) is 0.111. The van der Waals surface area contributed by atoms with Crippen LogP contribution in [0, 0.1) is 5.82 Å². The van der Waals surface area contributed by atoms with Crippen molar-refractivity contribution in [3.63, 3.8) is 0 Å². The minimum atomic E-state index is -0.230. The van der Waals surface area contributed by atoms with E-state index in [1.54, 1.807) is 18.3 Å². The van der Waals surface area contributed by atoms with Gasteiger partial charge in [0.25, 0.3) is 0 Å². The Morgan fingerprint density at radius 2 is 1.91 bits per heavy atom. The molecule has 3 rings (SSSR count). The molecule has 0 aliphatic rings. The first-order chi connectivity index (χ1) is 11.1. The molecule has 0 amide bonds. The van der Waals surface area contributed by atoms with E-state index in [1.165, 1.54) is 12.1 Å². The molecule has 1 aromatic heterocycles. The number of nitrogens with two attached hydrogens (primary N) is 1. The van der Waals surface area contributed by atoms with Crippen LogP contribution in [0.4, 0.5) is 4.39 Å². The summed E-state index contributed by atoms with van der Waals surface area (Å²) in [6.45, 7) is 0.687. The smallest absolute Gasteiger partial charge is 0.123 e. The number of hydrogen-bond donors (Lipinski definition) is 1. The summed E-state index contributed by atoms with van der Waals surface area (Å²) in [6.07, 6.45) is 4.37. The van der Waals surface area contributed by atoms with E-state index in [0.29, 0.717) is 18.0 Å². The molecule has 5 heteroatoms. The largest absolute Gasteiger partial charge is 0.389 e. The van der Waals surface area contributed by atoms with Crippen molar-refractivity contribution in [2.24, 2.45) is 5.73 Å². The Labute approximate surface area is 139 Å². The first-order valence-corrected chi connectivity index (χ1v) is 7.66. The van der Waals surface area contributed by atoms with Gasteiger partial charge in [-0.05, 0) is 29.3 Å². The van der Waals surface area contributed by atoms with Gasteiger partial charge in [0.15, 0.2) is 0 Å². The van der Waals surface area contributed by atoms with Crippen LogP contribution in [-0.4, -0.2) is 14.5 Å². The Kier molecular flexibility index (Phi) is 4.48. The molecule has 3 aromatic rings. The first kappa shape index (κ1) is 15.4. The number of rotatable bonds is 5. The van der Waals surface area contributed by atoms with Crippen LogP contribution in [0.2, 0.25) is 0 Å². The Balaban J connectivity index is 1.79. The quantitative estimate of drug-likeness (QED) is 0.732. The number of halogens is 1. The third-order valence-electron chi connectivity index (χ3n) is 3.64. The maximum atomic E-state index is 13.0. The maximum Gasteiger partial charge on any atom is 0.123 e. The summed E-state index contributed by atoms with van der Waals surface area (Å²) in [7, 11) is 0. The molecule has 0 aliphatic heterocycles. The van der Waals surface area contributed by atoms with Gasteiger partial charge in [-0.2, -0.15) is 0 Å². The van der Waals surface area contributed by atoms with E-state index in [4.69, 9.17) is 18.0 Å². The van der Waals surface area contributed by atoms with Crippen molar-refractivity contribution >= 4 is 17.2 Å². The third-order valence-corrected chi connectivity index (χ3v) is 3.88. The van der Waals surface area contributed by atoms with E-state index < -0.39 is 0 Å². The second-order valence-corrected chi connectivity index (χ2v) is 5.78. The average molecular weight is 325 g/mol. The van der Waals surface area contributed by atoms with Gasteiger partial charge in [0.2, 0.25) is 0 Å². The monoisotopic (exact) mass is 325 g/mol. The highest BCUT2D eigenvalue weighted by Crippen LogP contribution is 2.12. The molecule has 0 saturated carbocycles. The first-order valence-electron chi connectivity index (χ1n) is 7.25. The van der Waals surface area contributed by atoms with E-state index >= 15 is 0 Å². The predicted octanol–water partition coefficient (Wildman–Crippen LogP) is 3.30. The molecule has 2 N–H and O–H groups in total. The van der Waals surface area contributed by atoms with Gasteiger partial charge in [-0.1, -0.05) is 42.5 Å². The van der Waals surface area contributed by atoms with Gasteiger partial charge in [-0.3, -0.25) is 0 Å². The fourth-order valence-electron chi connectivity index (χ4n) is 2.46. The second-order valence-electron chi connectivity index (χ2n) is 5.34. The molecule has 2 aromatic carbocycles. The standard InChI is InChI=1S/C18H16FN3S/c19-16-6-4-13(5-7-16)11-17-21-8-9-22(17)12-14-2-1-3-15(10-14)18(20)23/h1-10H,11-12H2,(H2,20,23). The number of nitrogens with zero attached hydrogens (tertiary/aromatic N) is 2. The topological polar surface area (TPSA) is 43.8 Å². The minimum Gasteiger partial charge on any atom is -0.389 e. The Morgan fingerprint density at radius 3 is 2.65 bits per heavy atom. The molecule has 3 nitrogen and oxygen atoms in total. The second kappa shape index (κ2) is 6.71. The van der Waals surface area contributed by atoms with Crippen molar-refractivity contribution in [1.29, 1.82) is 0 Å². The van der Waals surface area contributed by atoms with Gasteiger partial charge in [0.1, 0.15) is 16.6 Å². The molecule has 0 atom stereocenters. The van der Waals surface area contributed by atoms with Gasteiger partial charge in [0, 0.05) is 30.9 Å². The SMILES string of the molecule is NC(=S)c1cccc(Cn2ccnc2Cc2ccc(F)cc2)c1. The summed E-state index contributed by atoms with van der Waals surface area (Å²) in [5.41, 5.74) is 8.67. The Bertz CT molecular complexity index is 824. The van der Waals surface area contributed by atoms with Gasteiger partial charge in [-0.25, -0.2) is 9.37 Å². The van der Waals surface area contributed by atoms with Crippen LogP contribution in [0.25, 0.3) is 0 Å². The van der Waals surface area contributed by atoms with Gasteiger partial charge in [-0.15, -0.1) is 0 Å². The van der Waals surface area contributed by atoms with Gasteiger partial charge in [0.05, 0.1) is 0 Å². The summed E-state index contributed by atoms with van der Waals surface area (Å²) in [5.74, 6) is 0.698. The molecule has 0 saturated heterocycles. The molecule has 1 heterocycles. The molecule has 23 heavy (non-hydrogen) atoms. The van der Waals surface area contributed by atoms with Crippen molar-refractivity contribution in [1.82, 2.24) is 9.55 Å². The molecule has 0 unspecified atom stereocenters. The lowest BCUT2D eigenvalue weighted by Gasteiger charge is -2.09. The van der Waals surface area contributed by atoms with E-state index in [9.17, 15) is 4.39 Å².